The van der Waals surface area contributed by atoms with Gasteiger partial charge in [0, 0.05) is 4.47 Å². The third kappa shape index (κ3) is 3.37. The van der Waals surface area contributed by atoms with E-state index in [2.05, 4.69) is 15.9 Å². The van der Waals surface area contributed by atoms with Crippen molar-refractivity contribution in [1.82, 2.24) is 0 Å². The van der Waals surface area contributed by atoms with Gasteiger partial charge < -0.3 is 5.11 Å². The molecule has 0 heterocycles. The summed E-state index contributed by atoms with van der Waals surface area (Å²) in [5, 5.41) is 10.1. The first kappa shape index (κ1) is 15.0. The molecule has 0 spiro atoms. The zero-order valence-corrected chi connectivity index (χ0v) is 11.5. The highest BCUT2D eigenvalue weighted by atomic mass is 79.9. The molecule has 6 heteroatoms. The average Bonchev–Trinajstić information content (AvgIpc) is 2.36. The Morgan fingerprint density at radius 2 is 1.70 bits per heavy atom. The van der Waals surface area contributed by atoms with Crippen molar-refractivity contribution >= 4 is 15.9 Å². The molecule has 0 saturated heterocycles. The van der Waals surface area contributed by atoms with E-state index in [4.69, 9.17) is 0 Å². The SMILES string of the molecule is OC(c1cc(F)cc(Br)c1)c1cccc(C(F)(F)F)c1. The van der Waals surface area contributed by atoms with E-state index in [9.17, 15) is 22.7 Å². The molecule has 2 aromatic carbocycles. The van der Waals surface area contributed by atoms with E-state index in [1.807, 2.05) is 0 Å². The lowest BCUT2D eigenvalue weighted by molar-refractivity contribution is -0.137. The molecule has 0 aliphatic carbocycles. The Labute approximate surface area is 121 Å². The van der Waals surface area contributed by atoms with Crippen LogP contribution in [0.1, 0.15) is 22.8 Å². The van der Waals surface area contributed by atoms with Crippen LogP contribution >= 0.6 is 15.9 Å². The number of hydrogen-bond donors (Lipinski definition) is 1. The summed E-state index contributed by atoms with van der Waals surface area (Å²) in [6.07, 6.45) is -5.82. The van der Waals surface area contributed by atoms with Gasteiger partial charge in [0.1, 0.15) is 11.9 Å². The molecule has 1 nitrogen and oxygen atoms in total. The van der Waals surface area contributed by atoms with Crippen LogP contribution in [0.5, 0.6) is 0 Å². The number of rotatable bonds is 2. The number of hydrogen-bond acceptors (Lipinski definition) is 1. The minimum absolute atomic E-state index is 0.0531. The first-order valence-corrected chi connectivity index (χ1v) is 6.38. The zero-order valence-electron chi connectivity index (χ0n) is 9.96. The first-order valence-electron chi connectivity index (χ1n) is 5.58. The molecule has 106 valence electrons. The van der Waals surface area contributed by atoms with Crippen molar-refractivity contribution in [2.75, 3.05) is 0 Å². The normalized spacial score (nSPS) is 13.3. The standard InChI is InChI=1S/C14H9BrF4O/c15-11-5-9(6-12(16)7-11)13(20)8-2-1-3-10(4-8)14(17,18)19/h1-7,13,20H. The molecule has 20 heavy (non-hydrogen) atoms. The van der Waals surface area contributed by atoms with E-state index in [0.717, 1.165) is 18.2 Å². The Morgan fingerprint density at radius 1 is 1.00 bits per heavy atom. The highest BCUT2D eigenvalue weighted by molar-refractivity contribution is 9.10. The van der Waals surface area contributed by atoms with Crippen molar-refractivity contribution in [2.45, 2.75) is 12.3 Å². The second-order valence-electron chi connectivity index (χ2n) is 4.23. The molecule has 1 atom stereocenters. The Bertz CT molecular complexity index is 605. The maximum atomic E-state index is 13.3. The second-order valence-corrected chi connectivity index (χ2v) is 5.14. The van der Waals surface area contributed by atoms with E-state index in [1.54, 1.807) is 0 Å². The minimum atomic E-state index is -4.49. The predicted octanol–water partition coefficient (Wildman–Crippen LogP) is 4.69. The molecular formula is C14H9BrF4O. The van der Waals surface area contributed by atoms with Gasteiger partial charge in [-0.3, -0.25) is 0 Å². The summed E-state index contributed by atoms with van der Waals surface area (Å²) in [5.74, 6) is -0.583. The summed E-state index contributed by atoms with van der Waals surface area (Å²) < 4.78 is 51.5. The minimum Gasteiger partial charge on any atom is -0.384 e. The first-order chi connectivity index (χ1) is 9.27. The van der Waals surface area contributed by atoms with Crippen molar-refractivity contribution in [2.24, 2.45) is 0 Å². The fourth-order valence-corrected chi connectivity index (χ4v) is 2.29. The Balaban J connectivity index is 2.40. The Hall–Kier alpha value is -1.40. The van der Waals surface area contributed by atoms with Crippen molar-refractivity contribution in [3.63, 3.8) is 0 Å². The van der Waals surface area contributed by atoms with Gasteiger partial charge in [0.25, 0.3) is 0 Å². The van der Waals surface area contributed by atoms with Crippen LogP contribution < -0.4 is 0 Å². The molecular weight excluding hydrogens is 340 g/mol. The molecule has 0 amide bonds. The van der Waals surface area contributed by atoms with E-state index in [1.165, 1.54) is 24.3 Å². The molecule has 0 aromatic heterocycles. The van der Waals surface area contributed by atoms with Gasteiger partial charge in [0.15, 0.2) is 0 Å². The lowest BCUT2D eigenvalue weighted by Crippen LogP contribution is -2.07. The molecule has 0 saturated carbocycles. The van der Waals surface area contributed by atoms with Gasteiger partial charge in [-0.05, 0) is 41.5 Å². The molecule has 0 fully saturated rings. The van der Waals surface area contributed by atoms with Crippen LogP contribution in [0.25, 0.3) is 0 Å². The van der Waals surface area contributed by atoms with Gasteiger partial charge >= 0.3 is 6.18 Å². The summed E-state index contributed by atoms with van der Waals surface area (Å²) in [7, 11) is 0. The zero-order chi connectivity index (χ0) is 14.9. The number of aliphatic hydroxyl groups is 1. The van der Waals surface area contributed by atoms with Crippen molar-refractivity contribution < 1.29 is 22.7 Å². The number of halogens is 5. The fourth-order valence-electron chi connectivity index (χ4n) is 1.81. The fraction of sp³-hybridized carbons (Fsp3) is 0.143. The Kier molecular flexibility index (Phi) is 4.15. The quantitative estimate of drug-likeness (QED) is 0.780. The number of aliphatic hydroxyl groups excluding tert-OH is 1. The van der Waals surface area contributed by atoms with Gasteiger partial charge in [0.2, 0.25) is 0 Å². The van der Waals surface area contributed by atoms with Crippen molar-refractivity contribution in [3.05, 3.63) is 69.4 Å². The van der Waals surface area contributed by atoms with Crippen LogP contribution in [0.2, 0.25) is 0 Å². The molecule has 2 aromatic rings. The van der Waals surface area contributed by atoms with Crippen LogP contribution in [0.15, 0.2) is 46.9 Å². The highest BCUT2D eigenvalue weighted by Gasteiger charge is 2.31. The van der Waals surface area contributed by atoms with E-state index in [-0.39, 0.29) is 11.1 Å². The molecule has 1 unspecified atom stereocenters. The summed E-state index contributed by atoms with van der Waals surface area (Å²) in [6, 6.07) is 8.06. The van der Waals surface area contributed by atoms with Gasteiger partial charge in [-0.1, -0.05) is 28.1 Å². The monoisotopic (exact) mass is 348 g/mol. The van der Waals surface area contributed by atoms with Crippen molar-refractivity contribution in [1.29, 1.82) is 0 Å². The largest absolute Gasteiger partial charge is 0.416 e. The van der Waals surface area contributed by atoms with E-state index >= 15 is 0 Å². The summed E-state index contributed by atoms with van der Waals surface area (Å²) in [4.78, 5) is 0. The van der Waals surface area contributed by atoms with Crippen LogP contribution in [0.3, 0.4) is 0 Å². The third-order valence-corrected chi connectivity index (χ3v) is 3.19. The van der Waals surface area contributed by atoms with Crippen LogP contribution in [-0.4, -0.2) is 5.11 Å². The Morgan fingerprint density at radius 3 is 2.30 bits per heavy atom. The number of benzene rings is 2. The van der Waals surface area contributed by atoms with Gasteiger partial charge in [0.05, 0.1) is 5.56 Å². The maximum absolute atomic E-state index is 13.3. The molecule has 0 radical (unpaired) electrons. The third-order valence-electron chi connectivity index (χ3n) is 2.73. The van der Waals surface area contributed by atoms with Gasteiger partial charge in [-0.15, -0.1) is 0 Å². The maximum Gasteiger partial charge on any atom is 0.416 e. The smallest absolute Gasteiger partial charge is 0.384 e. The van der Waals surface area contributed by atoms with Crippen molar-refractivity contribution in [3.8, 4) is 0 Å². The molecule has 0 aliphatic rings. The lowest BCUT2D eigenvalue weighted by atomic mass is 9.99. The lowest BCUT2D eigenvalue weighted by Gasteiger charge is -2.14. The van der Waals surface area contributed by atoms with Crippen LogP contribution in [-0.2, 0) is 6.18 Å². The number of alkyl halides is 3. The van der Waals surface area contributed by atoms with E-state index in [0.29, 0.717) is 4.47 Å². The summed E-state index contributed by atoms with van der Waals surface area (Å²) >= 11 is 3.07. The summed E-state index contributed by atoms with van der Waals surface area (Å²) in [6.45, 7) is 0. The molecule has 0 bridgehead atoms. The molecule has 2 rings (SSSR count). The van der Waals surface area contributed by atoms with Crippen LogP contribution in [0, 0.1) is 5.82 Å². The predicted molar refractivity (Wildman–Crippen MR) is 69.6 cm³/mol. The topological polar surface area (TPSA) is 20.2 Å². The molecule has 0 aliphatic heterocycles. The second kappa shape index (κ2) is 5.54. The van der Waals surface area contributed by atoms with E-state index < -0.39 is 23.7 Å². The summed E-state index contributed by atoms with van der Waals surface area (Å²) in [5.41, 5.74) is -0.627. The molecule has 1 N–H and O–H groups in total. The van der Waals surface area contributed by atoms with Crippen LogP contribution in [0.4, 0.5) is 17.6 Å². The van der Waals surface area contributed by atoms with Gasteiger partial charge in [-0.2, -0.15) is 13.2 Å². The highest BCUT2D eigenvalue weighted by Crippen LogP contribution is 2.32. The van der Waals surface area contributed by atoms with Gasteiger partial charge in [-0.25, -0.2) is 4.39 Å². The average molecular weight is 349 g/mol.